The fraction of sp³-hybridized carbons (Fsp3) is 0.375. The van der Waals surface area contributed by atoms with Crippen LogP contribution >= 0.6 is 0 Å². The Balaban J connectivity index is 2.01. The Morgan fingerprint density at radius 2 is 1.86 bits per heavy atom. The number of ether oxygens (including phenoxy) is 2. The highest BCUT2D eigenvalue weighted by molar-refractivity contribution is 5.91. The normalized spacial score (nSPS) is 21.9. The fourth-order valence-corrected chi connectivity index (χ4v) is 2.83. The van der Waals surface area contributed by atoms with Gasteiger partial charge in [0.15, 0.2) is 6.29 Å². The molecule has 110 valence electrons. The third kappa shape index (κ3) is 2.50. The van der Waals surface area contributed by atoms with Crippen LogP contribution in [0.3, 0.4) is 0 Å². The van der Waals surface area contributed by atoms with Gasteiger partial charge in [0.25, 0.3) is 0 Å². The lowest BCUT2D eigenvalue weighted by Crippen LogP contribution is -2.27. The molecule has 0 spiro atoms. The summed E-state index contributed by atoms with van der Waals surface area (Å²) in [6.45, 7) is 1.34. The lowest BCUT2D eigenvalue weighted by Gasteiger charge is -2.19. The van der Waals surface area contributed by atoms with Crippen molar-refractivity contribution in [1.29, 1.82) is 0 Å². The first-order valence-electron chi connectivity index (χ1n) is 6.92. The van der Waals surface area contributed by atoms with E-state index in [2.05, 4.69) is 9.88 Å². The molecule has 1 saturated heterocycles. The molecule has 0 N–H and O–H groups in total. The molecule has 1 aliphatic heterocycles. The molecule has 5 heteroatoms. The topological polar surface area (TPSA) is 51.7 Å². The van der Waals surface area contributed by atoms with Crippen molar-refractivity contribution in [3.63, 3.8) is 0 Å². The predicted molar refractivity (Wildman–Crippen MR) is 80.9 cm³/mol. The molecule has 1 aromatic carbocycles. The number of nitrogens with zero attached hydrogens (tertiary/aromatic N) is 2. The number of benzene rings is 1. The number of fused-ring (bicyclic) bond motifs is 1. The average molecular weight is 286 g/mol. The Morgan fingerprint density at radius 1 is 1.19 bits per heavy atom. The highest BCUT2D eigenvalue weighted by Gasteiger charge is 2.34. The van der Waals surface area contributed by atoms with Gasteiger partial charge < -0.3 is 14.4 Å². The Hall–Kier alpha value is -1.98. The molecule has 2 unspecified atom stereocenters. The molecule has 1 aliphatic rings. The van der Waals surface area contributed by atoms with Gasteiger partial charge >= 0.3 is 0 Å². The van der Waals surface area contributed by atoms with E-state index >= 15 is 0 Å². The van der Waals surface area contributed by atoms with Crippen molar-refractivity contribution in [3.8, 4) is 0 Å². The Kier molecular flexibility index (Phi) is 3.86. The highest BCUT2D eigenvalue weighted by atomic mass is 16.5. The number of hydrogen-bond acceptors (Lipinski definition) is 5. The minimum Gasteiger partial charge on any atom is -0.377 e. The highest BCUT2D eigenvalue weighted by Crippen LogP contribution is 2.27. The maximum Gasteiger partial charge on any atom is 0.153 e. The molecule has 0 radical (unpaired) electrons. The monoisotopic (exact) mass is 286 g/mol. The molecule has 5 nitrogen and oxygen atoms in total. The number of pyridine rings is 1. The van der Waals surface area contributed by atoms with Gasteiger partial charge in [-0.3, -0.25) is 4.79 Å². The van der Waals surface area contributed by atoms with Gasteiger partial charge in [-0.25, -0.2) is 4.98 Å². The molecular formula is C16H18N2O3. The van der Waals surface area contributed by atoms with E-state index in [4.69, 9.17) is 9.47 Å². The standard InChI is InChI=1S/C16H18N2O3/c1-20-14-8-18(9-15(14)21-2)16-12(10-19)7-11-5-3-4-6-13(11)17-16/h3-7,10,14-15H,8-9H2,1-2H3. The Bertz CT molecular complexity index is 647. The first kappa shape index (κ1) is 14.0. The molecule has 1 aromatic heterocycles. The molecule has 2 heterocycles. The average Bonchev–Trinajstić information content (AvgIpc) is 2.96. The number of anilines is 1. The van der Waals surface area contributed by atoms with Crippen molar-refractivity contribution in [1.82, 2.24) is 4.98 Å². The van der Waals surface area contributed by atoms with Crippen LogP contribution in [0.15, 0.2) is 30.3 Å². The zero-order chi connectivity index (χ0) is 14.8. The van der Waals surface area contributed by atoms with Gasteiger partial charge in [0.1, 0.15) is 18.0 Å². The molecule has 0 amide bonds. The fourth-order valence-electron chi connectivity index (χ4n) is 2.83. The smallest absolute Gasteiger partial charge is 0.153 e. The van der Waals surface area contributed by atoms with Gasteiger partial charge in [-0.1, -0.05) is 18.2 Å². The zero-order valence-electron chi connectivity index (χ0n) is 12.2. The van der Waals surface area contributed by atoms with Crippen LogP contribution in [0.4, 0.5) is 5.82 Å². The molecule has 2 aromatic rings. The van der Waals surface area contributed by atoms with Crippen molar-refractivity contribution in [2.75, 3.05) is 32.2 Å². The third-order valence-electron chi connectivity index (χ3n) is 3.98. The molecular weight excluding hydrogens is 268 g/mol. The maximum atomic E-state index is 11.4. The van der Waals surface area contributed by atoms with Crippen LogP contribution in [-0.4, -0.2) is 50.8 Å². The number of carbonyl (C=O) groups is 1. The van der Waals surface area contributed by atoms with Gasteiger partial charge in [0.05, 0.1) is 11.1 Å². The van der Waals surface area contributed by atoms with Crippen LogP contribution in [-0.2, 0) is 9.47 Å². The number of methoxy groups -OCH3 is 2. The van der Waals surface area contributed by atoms with Crippen molar-refractivity contribution in [2.45, 2.75) is 12.2 Å². The summed E-state index contributed by atoms with van der Waals surface area (Å²) in [6, 6.07) is 9.67. The zero-order valence-corrected chi connectivity index (χ0v) is 12.2. The number of carbonyl (C=O) groups excluding carboxylic acids is 1. The number of aromatic nitrogens is 1. The second kappa shape index (κ2) is 5.79. The summed E-state index contributed by atoms with van der Waals surface area (Å²) in [6.07, 6.45) is 0.835. The Labute approximate surface area is 123 Å². The summed E-state index contributed by atoms with van der Waals surface area (Å²) in [5.74, 6) is 0.699. The van der Waals surface area contributed by atoms with Crippen molar-refractivity contribution in [2.24, 2.45) is 0 Å². The van der Waals surface area contributed by atoms with E-state index in [0.29, 0.717) is 24.5 Å². The van der Waals surface area contributed by atoms with Gasteiger partial charge in [-0.15, -0.1) is 0 Å². The molecule has 0 aliphatic carbocycles. The second-order valence-electron chi connectivity index (χ2n) is 5.17. The van der Waals surface area contributed by atoms with Gasteiger partial charge in [-0.2, -0.15) is 0 Å². The maximum absolute atomic E-state index is 11.4. The lowest BCUT2D eigenvalue weighted by atomic mass is 10.1. The molecule has 3 rings (SSSR count). The van der Waals surface area contributed by atoms with Gasteiger partial charge in [0, 0.05) is 32.7 Å². The van der Waals surface area contributed by atoms with E-state index in [1.165, 1.54) is 0 Å². The number of para-hydroxylation sites is 1. The first-order valence-corrected chi connectivity index (χ1v) is 6.92. The van der Waals surface area contributed by atoms with E-state index in [-0.39, 0.29) is 12.2 Å². The van der Waals surface area contributed by atoms with Crippen LogP contribution in [0.5, 0.6) is 0 Å². The molecule has 1 fully saturated rings. The third-order valence-corrected chi connectivity index (χ3v) is 3.98. The SMILES string of the molecule is COC1CN(c2nc3ccccc3cc2C=O)CC1OC. The molecule has 0 saturated carbocycles. The summed E-state index contributed by atoms with van der Waals surface area (Å²) < 4.78 is 10.9. The number of hydrogen-bond donors (Lipinski definition) is 0. The van der Waals surface area contributed by atoms with Gasteiger partial charge in [0.2, 0.25) is 0 Å². The summed E-state index contributed by atoms with van der Waals surface area (Å²) in [5, 5.41) is 0.967. The van der Waals surface area contributed by atoms with E-state index < -0.39 is 0 Å². The van der Waals surface area contributed by atoms with Crippen LogP contribution in [0.1, 0.15) is 10.4 Å². The van der Waals surface area contributed by atoms with Crippen molar-refractivity contribution >= 4 is 23.0 Å². The quantitative estimate of drug-likeness (QED) is 0.803. The second-order valence-corrected chi connectivity index (χ2v) is 5.17. The lowest BCUT2D eigenvalue weighted by molar-refractivity contribution is -0.00461. The van der Waals surface area contributed by atoms with Crippen LogP contribution in [0, 0.1) is 0 Å². The van der Waals surface area contributed by atoms with Crippen molar-refractivity contribution in [3.05, 3.63) is 35.9 Å². The summed E-state index contributed by atoms with van der Waals surface area (Å²) in [7, 11) is 3.35. The van der Waals surface area contributed by atoms with E-state index in [1.54, 1.807) is 14.2 Å². The molecule has 0 bridgehead atoms. The van der Waals surface area contributed by atoms with Crippen LogP contribution in [0.2, 0.25) is 0 Å². The molecule has 2 atom stereocenters. The van der Waals surface area contributed by atoms with Crippen LogP contribution in [0.25, 0.3) is 10.9 Å². The van der Waals surface area contributed by atoms with Gasteiger partial charge in [-0.05, 0) is 12.1 Å². The van der Waals surface area contributed by atoms with E-state index in [9.17, 15) is 4.79 Å². The predicted octanol–water partition coefficient (Wildman–Crippen LogP) is 1.90. The van der Waals surface area contributed by atoms with E-state index in [1.807, 2.05) is 30.3 Å². The first-order chi connectivity index (χ1) is 10.3. The summed E-state index contributed by atoms with van der Waals surface area (Å²) in [5.41, 5.74) is 1.48. The molecule has 21 heavy (non-hydrogen) atoms. The largest absolute Gasteiger partial charge is 0.377 e. The number of rotatable bonds is 4. The summed E-state index contributed by atoms with van der Waals surface area (Å²) in [4.78, 5) is 18.1. The number of aldehydes is 1. The Morgan fingerprint density at radius 3 is 2.48 bits per heavy atom. The van der Waals surface area contributed by atoms with Crippen LogP contribution < -0.4 is 4.90 Å². The van der Waals surface area contributed by atoms with Crippen molar-refractivity contribution < 1.29 is 14.3 Å². The minimum absolute atomic E-state index is 0.0113. The summed E-state index contributed by atoms with van der Waals surface area (Å²) >= 11 is 0. The minimum atomic E-state index is -0.0113. The van der Waals surface area contributed by atoms with E-state index in [0.717, 1.165) is 17.2 Å².